The molecule has 0 spiro atoms. The van der Waals surface area contributed by atoms with E-state index in [0.29, 0.717) is 0 Å². The first kappa shape index (κ1) is 30.0. The minimum atomic E-state index is 0.898. The molecule has 0 atom stereocenters. The largest absolute Gasteiger partial charge is 0.455 e. The van der Waals surface area contributed by atoms with Gasteiger partial charge in [0.15, 0.2) is 0 Å². The Kier molecular flexibility index (Phi) is 6.76. The Morgan fingerprint density at radius 1 is 0.377 bits per heavy atom. The molecule has 0 saturated carbocycles. The maximum Gasteiger partial charge on any atom is 0.143 e. The SMILES string of the molecule is c1ccc(-c2cccc3c2oc2ccc(-c4ccc(N(c5ccc6c(c5)sc5ccccc56)c5cc6ccccc6c6ccccc56)cc4)cc23)cc1. The highest BCUT2D eigenvalue weighted by atomic mass is 32.1. The first-order valence-electron chi connectivity index (χ1n) is 18.0. The number of nitrogens with zero attached hydrogens (tertiary/aromatic N) is 1. The van der Waals surface area contributed by atoms with Crippen LogP contribution < -0.4 is 4.90 Å². The molecule has 0 fully saturated rings. The van der Waals surface area contributed by atoms with Gasteiger partial charge in [-0.05, 0) is 81.4 Å². The summed E-state index contributed by atoms with van der Waals surface area (Å²) in [5.74, 6) is 0. The van der Waals surface area contributed by atoms with Crippen molar-refractivity contribution in [2.24, 2.45) is 0 Å². The number of hydrogen-bond acceptors (Lipinski definition) is 3. The first-order chi connectivity index (χ1) is 26.3. The van der Waals surface area contributed by atoms with Gasteiger partial charge in [0.1, 0.15) is 11.2 Å². The summed E-state index contributed by atoms with van der Waals surface area (Å²) < 4.78 is 9.08. The van der Waals surface area contributed by atoms with Crippen molar-refractivity contribution in [3.63, 3.8) is 0 Å². The molecule has 0 N–H and O–H groups in total. The molecule has 11 aromatic rings. The van der Waals surface area contributed by atoms with E-state index in [1.807, 2.05) is 17.4 Å². The van der Waals surface area contributed by atoms with Crippen LogP contribution >= 0.6 is 11.3 Å². The zero-order chi connectivity index (χ0) is 34.9. The van der Waals surface area contributed by atoms with Crippen molar-refractivity contribution in [3.05, 3.63) is 188 Å². The molecule has 0 bridgehead atoms. The minimum absolute atomic E-state index is 0.898. The third-order valence-electron chi connectivity index (χ3n) is 10.6. The van der Waals surface area contributed by atoms with Crippen LogP contribution in [0.1, 0.15) is 0 Å². The van der Waals surface area contributed by atoms with Gasteiger partial charge < -0.3 is 9.32 Å². The fourth-order valence-electron chi connectivity index (χ4n) is 8.13. The summed E-state index contributed by atoms with van der Waals surface area (Å²) in [5.41, 5.74) is 9.81. The van der Waals surface area contributed by atoms with Crippen LogP contribution in [-0.4, -0.2) is 0 Å². The second-order valence-electron chi connectivity index (χ2n) is 13.7. The van der Waals surface area contributed by atoms with Crippen LogP contribution in [0.3, 0.4) is 0 Å². The van der Waals surface area contributed by atoms with E-state index in [1.165, 1.54) is 41.7 Å². The molecule has 3 heteroatoms. The van der Waals surface area contributed by atoms with Gasteiger partial charge in [-0.1, -0.05) is 140 Å². The summed E-state index contributed by atoms with van der Waals surface area (Å²) in [4.78, 5) is 2.43. The molecule has 0 aliphatic rings. The molecule has 53 heavy (non-hydrogen) atoms. The molecule has 9 aromatic carbocycles. The highest BCUT2D eigenvalue weighted by Crippen LogP contribution is 2.45. The highest BCUT2D eigenvalue weighted by molar-refractivity contribution is 7.25. The summed E-state index contributed by atoms with van der Waals surface area (Å²) in [6, 6.07) is 68.0. The number of anilines is 3. The number of fused-ring (bicyclic) bond motifs is 9. The van der Waals surface area contributed by atoms with Crippen molar-refractivity contribution in [2.75, 3.05) is 4.90 Å². The van der Waals surface area contributed by atoms with Crippen LogP contribution in [0.15, 0.2) is 192 Å². The van der Waals surface area contributed by atoms with Gasteiger partial charge >= 0.3 is 0 Å². The summed E-state index contributed by atoms with van der Waals surface area (Å²) in [6.07, 6.45) is 0. The van der Waals surface area contributed by atoms with Crippen molar-refractivity contribution in [2.45, 2.75) is 0 Å². The molecular weight excluding hydrogens is 663 g/mol. The van der Waals surface area contributed by atoms with Crippen LogP contribution in [0.5, 0.6) is 0 Å². The van der Waals surface area contributed by atoms with Crippen LogP contribution in [0, 0.1) is 0 Å². The number of furan rings is 1. The monoisotopic (exact) mass is 693 g/mol. The van der Waals surface area contributed by atoms with E-state index >= 15 is 0 Å². The van der Waals surface area contributed by atoms with Gasteiger partial charge in [0.25, 0.3) is 0 Å². The van der Waals surface area contributed by atoms with Crippen molar-refractivity contribution in [3.8, 4) is 22.3 Å². The lowest BCUT2D eigenvalue weighted by Gasteiger charge is -2.28. The molecule has 2 aromatic heterocycles. The van der Waals surface area contributed by atoms with Gasteiger partial charge in [0.2, 0.25) is 0 Å². The van der Waals surface area contributed by atoms with Crippen LogP contribution in [0.25, 0.3) is 85.9 Å². The Bertz CT molecular complexity index is 3170. The zero-order valence-corrected chi connectivity index (χ0v) is 29.5. The predicted molar refractivity (Wildman–Crippen MR) is 227 cm³/mol. The van der Waals surface area contributed by atoms with Crippen molar-refractivity contribution < 1.29 is 4.42 Å². The van der Waals surface area contributed by atoms with E-state index in [2.05, 4.69) is 187 Å². The Labute approximate surface area is 310 Å². The maximum absolute atomic E-state index is 6.49. The van der Waals surface area contributed by atoms with Crippen molar-refractivity contribution in [1.82, 2.24) is 0 Å². The van der Waals surface area contributed by atoms with Gasteiger partial charge in [-0.2, -0.15) is 0 Å². The van der Waals surface area contributed by atoms with E-state index < -0.39 is 0 Å². The molecule has 0 saturated heterocycles. The van der Waals surface area contributed by atoms with E-state index in [-0.39, 0.29) is 0 Å². The molecule has 0 amide bonds. The molecule has 0 aliphatic carbocycles. The van der Waals surface area contributed by atoms with E-state index in [9.17, 15) is 0 Å². The lowest BCUT2D eigenvalue weighted by Crippen LogP contribution is -2.10. The lowest BCUT2D eigenvalue weighted by molar-refractivity contribution is 0.670. The first-order valence-corrected chi connectivity index (χ1v) is 18.8. The summed E-state index contributed by atoms with van der Waals surface area (Å²) >= 11 is 1.86. The smallest absolute Gasteiger partial charge is 0.143 e. The number of rotatable bonds is 5. The number of thiophene rings is 1. The van der Waals surface area contributed by atoms with Gasteiger partial charge in [-0.3, -0.25) is 0 Å². The van der Waals surface area contributed by atoms with Gasteiger partial charge in [-0.15, -0.1) is 11.3 Å². The molecule has 0 radical (unpaired) electrons. The standard InChI is InChI=1S/C50H31NOS/c1-2-11-33(12-3-1)39-18-10-19-44-45-29-34(23-28-47(45)52-50(39)44)32-21-24-36(25-22-32)51(37-26-27-43-42-17-8-9-20-48(42)53-49(43)31-37)46-30-35-13-4-5-14-38(35)40-15-6-7-16-41(40)46/h1-31H. The summed E-state index contributed by atoms with van der Waals surface area (Å²) in [7, 11) is 0. The van der Waals surface area contributed by atoms with E-state index in [4.69, 9.17) is 4.42 Å². The molecule has 2 heterocycles. The molecule has 0 aliphatic heterocycles. The van der Waals surface area contributed by atoms with E-state index in [1.54, 1.807) is 0 Å². The molecular formula is C50H31NOS. The minimum Gasteiger partial charge on any atom is -0.455 e. The van der Waals surface area contributed by atoms with Gasteiger partial charge in [-0.25, -0.2) is 0 Å². The predicted octanol–water partition coefficient (Wildman–Crippen LogP) is 15.1. The lowest BCUT2D eigenvalue weighted by atomic mass is 9.98. The normalized spacial score (nSPS) is 11.8. The maximum atomic E-state index is 6.49. The Balaban J connectivity index is 1.06. The Hall–Kier alpha value is -6.68. The quantitative estimate of drug-likeness (QED) is 0.167. The van der Waals surface area contributed by atoms with Gasteiger partial charge in [0.05, 0.1) is 5.69 Å². The second-order valence-corrected chi connectivity index (χ2v) is 14.8. The van der Waals surface area contributed by atoms with Crippen molar-refractivity contribution >= 4 is 92.1 Å². The summed E-state index contributed by atoms with van der Waals surface area (Å²) in [6.45, 7) is 0. The average Bonchev–Trinajstić information content (AvgIpc) is 3.79. The molecule has 248 valence electrons. The number of hydrogen-bond donors (Lipinski definition) is 0. The molecule has 2 nitrogen and oxygen atoms in total. The fourth-order valence-corrected chi connectivity index (χ4v) is 9.27. The fraction of sp³-hybridized carbons (Fsp3) is 0. The summed E-state index contributed by atoms with van der Waals surface area (Å²) in [5, 5.41) is 9.82. The second kappa shape index (κ2) is 11.9. The van der Waals surface area contributed by atoms with Crippen LogP contribution in [0.4, 0.5) is 17.1 Å². The Morgan fingerprint density at radius 3 is 1.92 bits per heavy atom. The van der Waals surface area contributed by atoms with Crippen LogP contribution in [-0.2, 0) is 0 Å². The topological polar surface area (TPSA) is 16.4 Å². The Morgan fingerprint density at radius 2 is 1.06 bits per heavy atom. The average molecular weight is 694 g/mol. The van der Waals surface area contributed by atoms with E-state index in [0.717, 1.165) is 61.3 Å². The number of para-hydroxylation sites is 1. The zero-order valence-electron chi connectivity index (χ0n) is 28.7. The highest BCUT2D eigenvalue weighted by Gasteiger charge is 2.19. The molecule has 11 rings (SSSR count). The third-order valence-corrected chi connectivity index (χ3v) is 11.8. The van der Waals surface area contributed by atoms with Gasteiger partial charge in [0, 0.05) is 53.3 Å². The third kappa shape index (κ3) is 4.86. The molecule has 0 unspecified atom stereocenters. The van der Waals surface area contributed by atoms with Crippen LogP contribution in [0.2, 0.25) is 0 Å². The van der Waals surface area contributed by atoms with Crippen molar-refractivity contribution in [1.29, 1.82) is 0 Å². The number of benzene rings is 9.